The maximum Gasteiger partial charge on any atom is 0.340 e. The predicted molar refractivity (Wildman–Crippen MR) is 85.4 cm³/mol. The van der Waals surface area contributed by atoms with Crippen LogP contribution in [0.25, 0.3) is 0 Å². The van der Waals surface area contributed by atoms with Crippen molar-refractivity contribution in [1.82, 2.24) is 19.9 Å². The van der Waals surface area contributed by atoms with Gasteiger partial charge in [-0.1, -0.05) is 0 Å². The zero-order chi connectivity index (χ0) is 16.8. The molecule has 7 nitrogen and oxygen atoms in total. The molecule has 2 aromatic rings. The van der Waals surface area contributed by atoms with Crippen LogP contribution in [-0.4, -0.2) is 39.6 Å². The standard InChI is InChI=1S/C16H22N4O3/c1-4-23-16(22)13-11(2)14(19-12(13)3)15(21)18-6-5-8-20-9-7-17-10-20/h7,9-10,19H,4-6,8H2,1-3H3,(H,18,21). The lowest BCUT2D eigenvalue weighted by molar-refractivity contribution is 0.0525. The molecule has 0 saturated heterocycles. The molecule has 0 atom stereocenters. The molecule has 0 saturated carbocycles. The van der Waals surface area contributed by atoms with Gasteiger partial charge in [-0.25, -0.2) is 9.78 Å². The van der Waals surface area contributed by atoms with E-state index in [0.29, 0.717) is 35.7 Å². The van der Waals surface area contributed by atoms with E-state index >= 15 is 0 Å². The number of aromatic amines is 1. The van der Waals surface area contributed by atoms with Gasteiger partial charge in [-0.2, -0.15) is 0 Å². The first-order chi connectivity index (χ1) is 11.0. The quantitative estimate of drug-likeness (QED) is 0.602. The number of ether oxygens (including phenoxy) is 1. The maximum absolute atomic E-state index is 12.3. The molecule has 23 heavy (non-hydrogen) atoms. The lowest BCUT2D eigenvalue weighted by atomic mass is 10.1. The van der Waals surface area contributed by atoms with Crippen molar-refractivity contribution < 1.29 is 14.3 Å². The smallest absolute Gasteiger partial charge is 0.340 e. The van der Waals surface area contributed by atoms with Crippen LogP contribution in [0.15, 0.2) is 18.7 Å². The molecule has 1 amide bonds. The fraction of sp³-hybridized carbons (Fsp3) is 0.438. The normalized spacial score (nSPS) is 10.6. The highest BCUT2D eigenvalue weighted by atomic mass is 16.5. The van der Waals surface area contributed by atoms with Crippen LogP contribution in [0.2, 0.25) is 0 Å². The van der Waals surface area contributed by atoms with E-state index in [1.165, 1.54) is 0 Å². The lowest BCUT2D eigenvalue weighted by Crippen LogP contribution is -2.26. The highest BCUT2D eigenvalue weighted by Crippen LogP contribution is 2.19. The Labute approximate surface area is 135 Å². The second-order valence-corrected chi connectivity index (χ2v) is 5.26. The molecule has 0 spiro atoms. The molecule has 2 heterocycles. The summed E-state index contributed by atoms with van der Waals surface area (Å²) >= 11 is 0. The summed E-state index contributed by atoms with van der Waals surface area (Å²) in [6.45, 7) is 6.90. The number of rotatable bonds is 7. The van der Waals surface area contributed by atoms with E-state index in [2.05, 4.69) is 15.3 Å². The Hall–Kier alpha value is -2.57. The molecule has 124 valence electrons. The first-order valence-electron chi connectivity index (χ1n) is 7.64. The minimum Gasteiger partial charge on any atom is -0.462 e. The molecule has 0 radical (unpaired) electrons. The van der Waals surface area contributed by atoms with Gasteiger partial charge in [0.1, 0.15) is 5.69 Å². The number of aryl methyl sites for hydroxylation is 2. The number of amides is 1. The van der Waals surface area contributed by atoms with Gasteiger partial charge in [0.25, 0.3) is 5.91 Å². The molecule has 0 aliphatic carbocycles. The molecule has 0 unspecified atom stereocenters. The Kier molecular flexibility index (Phi) is 5.56. The van der Waals surface area contributed by atoms with E-state index in [1.807, 2.05) is 10.8 Å². The van der Waals surface area contributed by atoms with Gasteiger partial charge in [0.05, 0.1) is 18.5 Å². The van der Waals surface area contributed by atoms with Crippen LogP contribution >= 0.6 is 0 Å². The van der Waals surface area contributed by atoms with Gasteiger partial charge in [-0.05, 0) is 32.8 Å². The second kappa shape index (κ2) is 7.62. The molecule has 2 N–H and O–H groups in total. The molecule has 2 aromatic heterocycles. The summed E-state index contributed by atoms with van der Waals surface area (Å²) < 4.78 is 6.98. The first-order valence-corrected chi connectivity index (χ1v) is 7.64. The van der Waals surface area contributed by atoms with Crippen molar-refractivity contribution in [2.24, 2.45) is 0 Å². The van der Waals surface area contributed by atoms with Crippen LogP contribution in [0.3, 0.4) is 0 Å². The van der Waals surface area contributed by atoms with Crippen LogP contribution in [0.1, 0.15) is 45.4 Å². The van der Waals surface area contributed by atoms with E-state index in [0.717, 1.165) is 13.0 Å². The molecular weight excluding hydrogens is 296 g/mol. The van der Waals surface area contributed by atoms with Crippen molar-refractivity contribution in [1.29, 1.82) is 0 Å². The van der Waals surface area contributed by atoms with E-state index in [1.54, 1.807) is 33.3 Å². The van der Waals surface area contributed by atoms with Crippen molar-refractivity contribution in [3.8, 4) is 0 Å². The van der Waals surface area contributed by atoms with E-state index in [-0.39, 0.29) is 5.91 Å². The average molecular weight is 318 g/mol. The third kappa shape index (κ3) is 4.00. The third-order valence-corrected chi connectivity index (χ3v) is 3.58. The van der Waals surface area contributed by atoms with Crippen LogP contribution in [0.5, 0.6) is 0 Å². The van der Waals surface area contributed by atoms with Gasteiger partial charge in [-0.15, -0.1) is 0 Å². The monoisotopic (exact) mass is 318 g/mol. The Morgan fingerprint density at radius 1 is 1.39 bits per heavy atom. The molecule has 0 aliphatic heterocycles. The minimum atomic E-state index is -0.405. The zero-order valence-electron chi connectivity index (χ0n) is 13.7. The average Bonchev–Trinajstić information content (AvgIpc) is 3.12. The van der Waals surface area contributed by atoms with Crippen LogP contribution < -0.4 is 5.32 Å². The number of H-pyrrole nitrogens is 1. The summed E-state index contributed by atoms with van der Waals surface area (Å²) in [7, 11) is 0. The summed E-state index contributed by atoms with van der Waals surface area (Å²) in [6, 6.07) is 0. The van der Waals surface area contributed by atoms with Crippen molar-refractivity contribution in [3.05, 3.63) is 41.2 Å². The molecule has 2 rings (SSSR count). The van der Waals surface area contributed by atoms with Gasteiger partial charge >= 0.3 is 5.97 Å². The van der Waals surface area contributed by atoms with E-state index < -0.39 is 5.97 Å². The van der Waals surface area contributed by atoms with Gasteiger partial charge in [0, 0.05) is 31.2 Å². The number of carbonyl (C=O) groups excluding carboxylic acids is 2. The number of nitrogens with one attached hydrogen (secondary N) is 2. The number of aromatic nitrogens is 3. The lowest BCUT2D eigenvalue weighted by Gasteiger charge is -2.06. The number of carbonyl (C=O) groups is 2. The summed E-state index contributed by atoms with van der Waals surface area (Å²) in [6.07, 6.45) is 6.14. The van der Waals surface area contributed by atoms with Gasteiger partial charge < -0.3 is 19.6 Å². The fourth-order valence-corrected chi connectivity index (χ4v) is 2.46. The number of hydrogen-bond donors (Lipinski definition) is 2. The topological polar surface area (TPSA) is 89.0 Å². The Morgan fingerprint density at radius 2 is 2.17 bits per heavy atom. The first kappa shape index (κ1) is 16.8. The minimum absolute atomic E-state index is 0.216. The van der Waals surface area contributed by atoms with Crippen LogP contribution in [-0.2, 0) is 11.3 Å². The fourth-order valence-electron chi connectivity index (χ4n) is 2.46. The SMILES string of the molecule is CCOC(=O)c1c(C)[nH]c(C(=O)NCCCn2ccnc2)c1C. The Balaban J connectivity index is 1.94. The maximum atomic E-state index is 12.3. The number of esters is 1. The highest BCUT2D eigenvalue weighted by molar-refractivity contribution is 6.00. The van der Waals surface area contributed by atoms with Crippen LogP contribution in [0, 0.1) is 13.8 Å². The molecular formula is C16H22N4O3. The molecule has 7 heteroatoms. The van der Waals surface area contributed by atoms with Gasteiger partial charge in [-0.3, -0.25) is 4.79 Å². The van der Waals surface area contributed by atoms with Crippen molar-refractivity contribution in [2.45, 2.75) is 33.7 Å². The highest BCUT2D eigenvalue weighted by Gasteiger charge is 2.22. The summed E-state index contributed by atoms with van der Waals surface area (Å²) in [5, 5.41) is 2.86. The summed E-state index contributed by atoms with van der Waals surface area (Å²) in [5.74, 6) is -0.621. The predicted octanol–water partition coefficient (Wildman–Crippen LogP) is 1.82. The Morgan fingerprint density at radius 3 is 2.83 bits per heavy atom. The largest absolute Gasteiger partial charge is 0.462 e. The third-order valence-electron chi connectivity index (χ3n) is 3.58. The molecule has 0 aromatic carbocycles. The van der Waals surface area contributed by atoms with Crippen molar-refractivity contribution in [3.63, 3.8) is 0 Å². The van der Waals surface area contributed by atoms with Crippen LogP contribution in [0.4, 0.5) is 0 Å². The van der Waals surface area contributed by atoms with Crippen molar-refractivity contribution >= 4 is 11.9 Å². The van der Waals surface area contributed by atoms with Crippen molar-refractivity contribution in [2.75, 3.05) is 13.2 Å². The number of imidazole rings is 1. The molecule has 0 aliphatic rings. The van der Waals surface area contributed by atoms with E-state index in [9.17, 15) is 9.59 Å². The number of hydrogen-bond acceptors (Lipinski definition) is 4. The van der Waals surface area contributed by atoms with E-state index in [4.69, 9.17) is 4.74 Å². The van der Waals surface area contributed by atoms with Gasteiger partial charge in [0.2, 0.25) is 0 Å². The zero-order valence-corrected chi connectivity index (χ0v) is 13.7. The second-order valence-electron chi connectivity index (χ2n) is 5.26. The summed E-state index contributed by atoms with van der Waals surface area (Å²) in [4.78, 5) is 31.1. The Bertz CT molecular complexity index is 674. The molecule has 0 bridgehead atoms. The number of nitrogens with zero attached hydrogens (tertiary/aromatic N) is 2. The summed E-state index contributed by atoms with van der Waals surface area (Å²) in [5.41, 5.74) is 2.11. The van der Waals surface area contributed by atoms with Gasteiger partial charge in [0.15, 0.2) is 0 Å². The molecule has 0 fully saturated rings.